The summed E-state index contributed by atoms with van der Waals surface area (Å²) in [5.74, 6) is 0. The Labute approximate surface area is 242 Å². The number of benzene rings is 6. The molecule has 0 amide bonds. The van der Waals surface area contributed by atoms with E-state index in [9.17, 15) is 0 Å². The molecule has 2 N–H and O–H groups in total. The molecule has 0 bridgehead atoms. The van der Waals surface area contributed by atoms with E-state index in [1.807, 2.05) is 18.2 Å². The third kappa shape index (κ3) is 6.18. The molecule has 0 unspecified atom stereocenters. The summed E-state index contributed by atoms with van der Waals surface area (Å²) in [4.78, 5) is 4.89. The van der Waals surface area contributed by atoms with Gasteiger partial charge in [-0.05, 0) is 80.8 Å². The molecule has 0 radical (unpaired) electrons. The Morgan fingerprint density at radius 2 is 0.878 bits per heavy atom. The highest BCUT2D eigenvalue weighted by Crippen LogP contribution is 2.28. The Hall–Kier alpha value is -5.21. The molecule has 0 fully saturated rings. The van der Waals surface area contributed by atoms with Crippen molar-refractivity contribution in [3.63, 3.8) is 0 Å². The molecule has 2 heteroatoms. The van der Waals surface area contributed by atoms with Crippen molar-refractivity contribution in [1.82, 2.24) is 0 Å². The lowest BCUT2D eigenvalue weighted by Gasteiger charge is -2.08. The molecule has 41 heavy (non-hydrogen) atoms. The van der Waals surface area contributed by atoms with Crippen molar-refractivity contribution in [1.29, 1.82) is 0 Å². The summed E-state index contributed by atoms with van der Waals surface area (Å²) in [6.07, 6.45) is 0. The van der Waals surface area contributed by atoms with Crippen LogP contribution in [0.4, 0.5) is 5.69 Å². The number of aliphatic imine (C=N–C) groups is 1. The van der Waals surface area contributed by atoms with Gasteiger partial charge >= 0.3 is 0 Å². The lowest BCUT2D eigenvalue weighted by molar-refractivity contribution is 1.07. The molecule has 0 spiro atoms. The molecule has 6 aromatic rings. The van der Waals surface area contributed by atoms with Gasteiger partial charge in [0, 0.05) is 11.4 Å². The zero-order valence-corrected chi connectivity index (χ0v) is 23.2. The summed E-state index contributed by atoms with van der Waals surface area (Å²) in [7, 11) is 0. The Kier molecular flexibility index (Phi) is 7.55. The zero-order chi connectivity index (χ0) is 28.0. The fourth-order valence-electron chi connectivity index (χ4n) is 5.04. The van der Waals surface area contributed by atoms with Crippen LogP contribution in [0.15, 0.2) is 157 Å². The largest absolute Gasteiger partial charge is 0.399 e. The Morgan fingerprint density at radius 3 is 1.39 bits per heavy atom. The van der Waals surface area contributed by atoms with E-state index in [-0.39, 0.29) is 0 Å². The molecule has 0 aliphatic rings. The second-order valence-corrected chi connectivity index (χ2v) is 10.3. The molecule has 0 saturated heterocycles. The highest BCUT2D eigenvalue weighted by Gasteiger charge is 2.05. The summed E-state index contributed by atoms with van der Waals surface area (Å²) in [6, 6.07) is 53.3. The summed E-state index contributed by atoms with van der Waals surface area (Å²) in [6.45, 7) is 2.75. The van der Waals surface area contributed by atoms with Gasteiger partial charge in [0.1, 0.15) is 0 Å². The van der Waals surface area contributed by atoms with Crippen molar-refractivity contribution in [2.24, 2.45) is 4.99 Å². The van der Waals surface area contributed by atoms with Gasteiger partial charge in [-0.15, -0.1) is 0 Å². The molecule has 6 rings (SSSR count). The van der Waals surface area contributed by atoms with Gasteiger partial charge in [-0.2, -0.15) is 0 Å². The van der Waals surface area contributed by atoms with E-state index in [4.69, 9.17) is 10.7 Å². The quantitative estimate of drug-likeness (QED) is 0.162. The van der Waals surface area contributed by atoms with Crippen LogP contribution in [0, 0.1) is 0 Å². The van der Waals surface area contributed by atoms with Crippen molar-refractivity contribution in [2.75, 3.05) is 5.73 Å². The molecular weight excluding hydrogens is 496 g/mol. The van der Waals surface area contributed by atoms with E-state index in [1.54, 1.807) is 0 Å². The van der Waals surface area contributed by atoms with Gasteiger partial charge in [0.25, 0.3) is 0 Å². The maximum absolute atomic E-state index is 5.83. The Balaban J connectivity index is 1.11. The van der Waals surface area contributed by atoms with Crippen molar-refractivity contribution in [3.8, 4) is 44.5 Å². The first-order chi connectivity index (χ1) is 20.1. The summed E-state index contributed by atoms with van der Waals surface area (Å²) in [5.41, 5.74) is 19.6. The summed E-state index contributed by atoms with van der Waals surface area (Å²) < 4.78 is 0. The van der Waals surface area contributed by atoms with Gasteiger partial charge in [0.2, 0.25) is 0 Å². The van der Waals surface area contributed by atoms with E-state index >= 15 is 0 Å². The second kappa shape index (κ2) is 11.9. The summed E-state index contributed by atoms with van der Waals surface area (Å²) >= 11 is 0. The molecule has 0 saturated carbocycles. The van der Waals surface area contributed by atoms with Crippen LogP contribution in [-0.4, -0.2) is 5.71 Å². The number of anilines is 1. The minimum atomic E-state index is 0.660. The maximum Gasteiger partial charge on any atom is 0.0643 e. The van der Waals surface area contributed by atoms with E-state index in [0.717, 1.165) is 17.0 Å². The molecule has 0 heterocycles. The van der Waals surface area contributed by atoms with E-state index in [2.05, 4.69) is 140 Å². The van der Waals surface area contributed by atoms with Gasteiger partial charge < -0.3 is 5.73 Å². The molecular formula is C39H32N2. The van der Waals surface area contributed by atoms with Gasteiger partial charge in [-0.3, -0.25) is 4.99 Å². The average Bonchev–Trinajstić information content (AvgIpc) is 3.05. The van der Waals surface area contributed by atoms with Crippen molar-refractivity contribution >= 4 is 11.4 Å². The van der Waals surface area contributed by atoms with E-state index in [1.165, 1.54) is 50.1 Å². The van der Waals surface area contributed by atoms with Crippen LogP contribution in [0.3, 0.4) is 0 Å². The third-order valence-electron chi connectivity index (χ3n) is 7.52. The van der Waals surface area contributed by atoms with E-state index < -0.39 is 0 Å². The standard InChI is InChI=1S/C39H32N2/c1-28(37-8-5-9-38(26-37)30-6-3-2-4-7-30)41-27-29-10-12-31(13-11-29)32-14-16-33(17-15-32)34-18-20-35(21-19-34)36-22-24-39(40)25-23-36/h2-26H,27,40H2,1H3/b41-28+. The minimum absolute atomic E-state index is 0.660. The molecule has 0 aliphatic carbocycles. The van der Waals surface area contributed by atoms with Crippen LogP contribution in [0.5, 0.6) is 0 Å². The first kappa shape index (κ1) is 26.0. The highest BCUT2D eigenvalue weighted by atomic mass is 14.7. The maximum atomic E-state index is 5.83. The topological polar surface area (TPSA) is 38.4 Å². The van der Waals surface area contributed by atoms with Crippen LogP contribution >= 0.6 is 0 Å². The number of nitrogen functional groups attached to an aromatic ring is 1. The van der Waals surface area contributed by atoms with Crippen molar-refractivity contribution in [3.05, 3.63) is 163 Å². The Morgan fingerprint density at radius 1 is 0.463 bits per heavy atom. The zero-order valence-electron chi connectivity index (χ0n) is 23.2. The van der Waals surface area contributed by atoms with Gasteiger partial charge in [-0.25, -0.2) is 0 Å². The normalized spacial score (nSPS) is 11.4. The Bertz CT molecular complexity index is 1760. The number of rotatable bonds is 7. The second-order valence-electron chi connectivity index (χ2n) is 10.3. The lowest BCUT2D eigenvalue weighted by atomic mass is 9.97. The molecule has 0 aromatic heterocycles. The fraction of sp³-hybridized carbons (Fsp3) is 0.0513. The van der Waals surface area contributed by atoms with Gasteiger partial charge in [-0.1, -0.05) is 133 Å². The minimum Gasteiger partial charge on any atom is -0.399 e. The van der Waals surface area contributed by atoms with Gasteiger partial charge in [0.05, 0.1) is 6.54 Å². The number of nitrogens with zero attached hydrogens (tertiary/aromatic N) is 1. The average molecular weight is 529 g/mol. The first-order valence-electron chi connectivity index (χ1n) is 13.9. The van der Waals surface area contributed by atoms with Crippen molar-refractivity contribution in [2.45, 2.75) is 13.5 Å². The summed E-state index contributed by atoms with van der Waals surface area (Å²) in [5, 5.41) is 0. The van der Waals surface area contributed by atoms with Crippen LogP contribution < -0.4 is 5.73 Å². The fourth-order valence-corrected chi connectivity index (χ4v) is 5.04. The first-order valence-corrected chi connectivity index (χ1v) is 13.9. The molecule has 0 aliphatic heterocycles. The van der Waals surface area contributed by atoms with Gasteiger partial charge in [0.15, 0.2) is 0 Å². The number of hydrogen-bond donors (Lipinski definition) is 1. The molecule has 198 valence electrons. The molecule has 6 aromatic carbocycles. The smallest absolute Gasteiger partial charge is 0.0643 e. The van der Waals surface area contributed by atoms with Crippen LogP contribution in [-0.2, 0) is 6.54 Å². The molecule has 2 nitrogen and oxygen atoms in total. The SMILES string of the molecule is C/C(=N\Cc1ccc(-c2ccc(-c3ccc(-c4ccc(N)cc4)cc3)cc2)cc1)c1cccc(-c2ccccc2)c1. The highest BCUT2D eigenvalue weighted by molar-refractivity contribution is 5.99. The monoisotopic (exact) mass is 528 g/mol. The number of nitrogens with two attached hydrogens (primary N) is 1. The predicted octanol–water partition coefficient (Wildman–Crippen LogP) is 9.95. The molecule has 0 atom stereocenters. The predicted molar refractivity (Wildman–Crippen MR) is 175 cm³/mol. The van der Waals surface area contributed by atoms with Crippen LogP contribution in [0.1, 0.15) is 18.1 Å². The van der Waals surface area contributed by atoms with Crippen LogP contribution in [0.25, 0.3) is 44.5 Å². The van der Waals surface area contributed by atoms with E-state index in [0.29, 0.717) is 6.54 Å². The lowest BCUT2D eigenvalue weighted by Crippen LogP contribution is -1.96. The van der Waals surface area contributed by atoms with Crippen molar-refractivity contribution < 1.29 is 0 Å². The number of hydrogen-bond acceptors (Lipinski definition) is 2. The third-order valence-corrected chi connectivity index (χ3v) is 7.52. The van der Waals surface area contributed by atoms with Crippen LogP contribution in [0.2, 0.25) is 0 Å².